The Kier molecular flexibility index (Phi) is 5.26. The van der Waals surface area contributed by atoms with Crippen LogP contribution in [0.4, 0.5) is 0 Å². The highest BCUT2D eigenvalue weighted by molar-refractivity contribution is 6.36. The predicted molar refractivity (Wildman–Crippen MR) is 108 cm³/mol. The van der Waals surface area contributed by atoms with Gasteiger partial charge in [-0.15, -0.1) is 0 Å². The second kappa shape index (κ2) is 7.65. The number of hydrogen-bond acceptors (Lipinski definition) is 9. The summed E-state index contributed by atoms with van der Waals surface area (Å²) in [4.78, 5) is 30.0. The van der Waals surface area contributed by atoms with Crippen LogP contribution in [0, 0.1) is 5.92 Å². The smallest absolute Gasteiger partial charge is 0.259 e. The van der Waals surface area contributed by atoms with Gasteiger partial charge in [-0.3, -0.25) is 9.59 Å². The molecule has 2 aliphatic rings. The van der Waals surface area contributed by atoms with Crippen LogP contribution >= 0.6 is 11.6 Å². The predicted octanol–water partition coefficient (Wildman–Crippen LogP) is 3.56. The first-order chi connectivity index (χ1) is 14.8. The Morgan fingerprint density at radius 3 is 2.65 bits per heavy atom. The molecule has 3 atom stereocenters. The number of methoxy groups -OCH3 is 3. The Balaban J connectivity index is 1.88. The number of carbonyl (C=O) groups is 2. The second-order valence-corrected chi connectivity index (χ2v) is 7.81. The van der Waals surface area contributed by atoms with Crippen LogP contribution in [0.3, 0.4) is 0 Å². The van der Waals surface area contributed by atoms with Gasteiger partial charge in [-0.1, -0.05) is 23.7 Å². The Bertz CT molecular complexity index is 1110. The van der Waals surface area contributed by atoms with E-state index in [0.29, 0.717) is 11.4 Å². The fourth-order valence-corrected chi connectivity index (χ4v) is 4.21. The number of halogens is 1. The molecule has 164 valence electrons. The number of fused-ring (bicyclic) bond motifs is 1. The van der Waals surface area contributed by atoms with Gasteiger partial charge >= 0.3 is 0 Å². The summed E-state index contributed by atoms with van der Waals surface area (Å²) in [5.74, 6) is -0.0819. The fraction of sp³-hybridized carbons (Fsp3) is 0.429. The number of nitrogens with zero attached hydrogens (tertiary/aromatic N) is 2. The molecule has 1 aliphatic carbocycles. The van der Waals surface area contributed by atoms with Gasteiger partial charge in [-0.05, 0) is 13.0 Å². The lowest BCUT2D eigenvalue weighted by atomic mass is 9.75. The molecule has 0 fully saturated rings. The molecular formula is C21H21ClN2O7. The monoisotopic (exact) mass is 448 g/mol. The van der Waals surface area contributed by atoms with Crippen LogP contribution in [0.1, 0.15) is 42.6 Å². The van der Waals surface area contributed by atoms with Crippen molar-refractivity contribution in [3.8, 4) is 23.0 Å². The number of allylic oxidation sites excluding steroid dienone is 1. The van der Waals surface area contributed by atoms with E-state index in [1.807, 2.05) is 0 Å². The van der Waals surface area contributed by atoms with Crippen molar-refractivity contribution in [2.75, 3.05) is 21.3 Å². The first kappa shape index (κ1) is 21.3. The quantitative estimate of drug-likeness (QED) is 0.677. The second-order valence-electron chi connectivity index (χ2n) is 7.43. The van der Waals surface area contributed by atoms with Crippen LogP contribution in [-0.2, 0) is 14.3 Å². The van der Waals surface area contributed by atoms with Crippen molar-refractivity contribution in [3.05, 3.63) is 34.3 Å². The van der Waals surface area contributed by atoms with Crippen LogP contribution in [0.2, 0.25) is 5.02 Å². The Morgan fingerprint density at radius 1 is 1.26 bits per heavy atom. The summed E-state index contributed by atoms with van der Waals surface area (Å²) in [6.45, 7) is 3.53. The van der Waals surface area contributed by atoms with Crippen molar-refractivity contribution < 1.29 is 33.1 Å². The Hall–Kier alpha value is -2.91. The number of ketones is 2. The van der Waals surface area contributed by atoms with Crippen molar-refractivity contribution in [2.24, 2.45) is 5.92 Å². The summed E-state index contributed by atoms with van der Waals surface area (Å²) in [7, 11) is 4.35. The van der Waals surface area contributed by atoms with E-state index in [0.717, 1.165) is 0 Å². The largest absolute Gasteiger partial charge is 0.496 e. The zero-order chi connectivity index (χ0) is 22.5. The van der Waals surface area contributed by atoms with E-state index in [1.54, 1.807) is 19.9 Å². The summed E-state index contributed by atoms with van der Waals surface area (Å²) >= 11 is 6.66. The fourth-order valence-electron chi connectivity index (χ4n) is 3.94. The molecule has 1 aromatic heterocycles. The van der Waals surface area contributed by atoms with Crippen LogP contribution in [0.5, 0.6) is 11.5 Å². The lowest BCUT2D eigenvalue weighted by Gasteiger charge is -2.36. The third kappa shape index (κ3) is 3.02. The maximum Gasteiger partial charge on any atom is 0.259 e. The molecular weight excluding hydrogens is 428 g/mol. The van der Waals surface area contributed by atoms with E-state index in [2.05, 4.69) is 10.1 Å². The van der Waals surface area contributed by atoms with Gasteiger partial charge in [0.05, 0.1) is 24.8 Å². The third-order valence-corrected chi connectivity index (χ3v) is 6.08. The van der Waals surface area contributed by atoms with Crippen molar-refractivity contribution in [3.63, 3.8) is 0 Å². The summed E-state index contributed by atoms with van der Waals surface area (Å²) in [5, 5.41) is 4.02. The summed E-state index contributed by atoms with van der Waals surface area (Å²) in [6, 6.07) is 1.55. The molecule has 1 spiro atoms. The van der Waals surface area contributed by atoms with Gasteiger partial charge in [0.1, 0.15) is 17.4 Å². The number of hydrogen-bond donors (Lipinski definition) is 0. The zero-order valence-electron chi connectivity index (χ0n) is 17.6. The standard InChI is InChI=1S/C21H21ClN2O7/c1-9-6-11(25)7-14(29-5)21(9)18(26)15-13(28-4)8-12(16(22)17(15)30-21)20-23-19(24-31-20)10(2)27-3/h7-10H,6H2,1-5H3/t9-,10?,21+/m1/s1. The van der Waals surface area contributed by atoms with Gasteiger partial charge in [0.25, 0.3) is 5.89 Å². The molecule has 0 N–H and O–H groups in total. The molecule has 0 radical (unpaired) electrons. The molecule has 4 rings (SSSR count). The topological polar surface area (TPSA) is 110 Å². The lowest BCUT2D eigenvalue weighted by Crippen LogP contribution is -2.51. The van der Waals surface area contributed by atoms with E-state index >= 15 is 0 Å². The van der Waals surface area contributed by atoms with Gasteiger partial charge in [-0.25, -0.2) is 0 Å². The van der Waals surface area contributed by atoms with Crippen LogP contribution < -0.4 is 9.47 Å². The van der Waals surface area contributed by atoms with Crippen molar-refractivity contribution in [1.29, 1.82) is 0 Å². The van der Waals surface area contributed by atoms with E-state index in [4.69, 9.17) is 35.1 Å². The van der Waals surface area contributed by atoms with E-state index < -0.39 is 11.5 Å². The molecule has 9 nitrogen and oxygen atoms in total. The van der Waals surface area contributed by atoms with Crippen molar-refractivity contribution >= 4 is 23.2 Å². The molecule has 0 saturated carbocycles. The van der Waals surface area contributed by atoms with E-state index in [-0.39, 0.29) is 57.8 Å². The highest BCUT2D eigenvalue weighted by Gasteiger charge is 2.59. The van der Waals surface area contributed by atoms with Crippen LogP contribution in [0.25, 0.3) is 11.5 Å². The Morgan fingerprint density at radius 2 is 2.00 bits per heavy atom. The molecule has 0 saturated heterocycles. The molecule has 0 amide bonds. The average molecular weight is 449 g/mol. The average Bonchev–Trinajstić information content (AvgIpc) is 3.36. The molecule has 31 heavy (non-hydrogen) atoms. The van der Waals surface area contributed by atoms with Crippen LogP contribution in [-0.4, -0.2) is 48.6 Å². The number of carbonyl (C=O) groups excluding carboxylic acids is 2. The SMILES string of the molecule is COC1=CC(=O)C[C@@H](C)[C@]12Oc1c(Cl)c(-c3nc(C(C)OC)no3)cc(OC)c1C2=O. The first-order valence-electron chi connectivity index (χ1n) is 9.58. The van der Waals surface area contributed by atoms with Crippen molar-refractivity contribution in [1.82, 2.24) is 10.1 Å². The van der Waals surface area contributed by atoms with Gasteiger partial charge < -0.3 is 23.5 Å². The minimum Gasteiger partial charge on any atom is -0.496 e. The molecule has 1 aliphatic heterocycles. The molecule has 10 heteroatoms. The van der Waals surface area contributed by atoms with E-state index in [9.17, 15) is 9.59 Å². The van der Waals surface area contributed by atoms with Crippen LogP contribution in [0.15, 0.2) is 22.4 Å². The summed E-state index contributed by atoms with van der Waals surface area (Å²) in [5.41, 5.74) is -0.998. The van der Waals surface area contributed by atoms with Gasteiger partial charge in [-0.2, -0.15) is 4.98 Å². The summed E-state index contributed by atoms with van der Waals surface area (Å²) < 4.78 is 27.6. The van der Waals surface area contributed by atoms with Gasteiger partial charge in [0.15, 0.2) is 17.3 Å². The summed E-state index contributed by atoms with van der Waals surface area (Å²) in [6.07, 6.45) is 1.03. The zero-order valence-corrected chi connectivity index (χ0v) is 18.4. The minimum absolute atomic E-state index is 0.112. The number of benzene rings is 1. The normalized spacial score (nSPS) is 23.4. The minimum atomic E-state index is -1.51. The molecule has 2 heterocycles. The van der Waals surface area contributed by atoms with E-state index in [1.165, 1.54) is 27.4 Å². The molecule has 1 unspecified atom stereocenters. The highest BCUT2D eigenvalue weighted by atomic mass is 35.5. The van der Waals surface area contributed by atoms with Gasteiger partial charge in [0.2, 0.25) is 17.2 Å². The number of aromatic nitrogens is 2. The molecule has 2 aromatic rings. The number of rotatable bonds is 5. The van der Waals surface area contributed by atoms with Gasteiger partial charge in [0, 0.05) is 25.5 Å². The lowest BCUT2D eigenvalue weighted by molar-refractivity contribution is -0.118. The number of Topliss-reactive ketones (excluding diaryl/α,β-unsaturated/α-hetero) is 1. The van der Waals surface area contributed by atoms with Crippen molar-refractivity contribution in [2.45, 2.75) is 32.0 Å². The maximum absolute atomic E-state index is 13.6. The third-order valence-electron chi connectivity index (χ3n) is 5.70. The Labute approximate surface area is 183 Å². The maximum atomic E-state index is 13.6. The first-order valence-corrected chi connectivity index (χ1v) is 9.96. The molecule has 0 bridgehead atoms. The highest BCUT2D eigenvalue weighted by Crippen LogP contribution is 2.54. The number of ether oxygens (including phenoxy) is 4. The molecule has 1 aromatic carbocycles.